The van der Waals surface area contributed by atoms with E-state index >= 15 is 0 Å². The maximum absolute atomic E-state index is 11.6. The van der Waals surface area contributed by atoms with Gasteiger partial charge in [0.2, 0.25) is 0 Å². The van der Waals surface area contributed by atoms with Crippen LogP contribution in [0.2, 0.25) is 0 Å². The van der Waals surface area contributed by atoms with Gasteiger partial charge >= 0.3 is 0 Å². The number of aryl methyl sites for hydroxylation is 1. The van der Waals surface area contributed by atoms with Crippen molar-refractivity contribution in [1.29, 1.82) is 0 Å². The fourth-order valence-corrected chi connectivity index (χ4v) is 2.64. The SMILES string of the molecule is CCCOS(=O)(=O)c1ccc(CCBr)cc1. The van der Waals surface area contributed by atoms with E-state index in [1.165, 1.54) is 0 Å². The maximum Gasteiger partial charge on any atom is 0.296 e. The zero-order valence-corrected chi connectivity index (χ0v) is 11.6. The van der Waals surface area contributed by atoms with E-state index in [0.29, 0.717) is 6.42 Å². The topological polar surface area (TPSA) is 43.4 Å². The highest BCUT2D eigenvalue weighted by molar-refractivity contribution is 9.09. The molecule has 0 bridgehead atoms. The Morgan fingerprint density at radius 2 is 1.88 bits per heavy atom. The zero-order valence-electron chi connectivity index (χ0n) is 9.15. The minimum atomic E-state index is -3.57. The van der Waals surface area contributed by atoms with Gasteiger partial charge in [-0.3, -0.25) is 4.18 Å². The molecule has 0 aliphatic carbocycles. The Kier molecular flexibility index (Phi) is 5.44. The van der Waals surface area contributed by atoms with Gasteiger partial charge in [0.15, 0.2) is 0 Å². The van der Waals surface area contributed by atoms with Crippen LogP contribution in [0, 0.1) is 0 Å². The van der Waals surface area contributed by atoms with Gasteiger partial charge in [0.25, 0.3) is 10.1 Å². The van der Waals surface area contributed by atoms with Crippen molar-refractivity contribution in [3.63, 3.8) is 0 Å². The fraction of sp³-hybridized carbons (Fsp3) is 0.455. The predicted molar refractivity (Wildman–Crippen MR) is 67.4 cm³/mol. The van der Waals surface area contributed by atoms with Gasteiger partial charge in [-0.25, -0.2) is 0 Å². The first-order valence-electron chi connectivity index (χ1n) is 5.14. The van der Waals surface area contributed by atoms with Gasteiger partial charge in [0.1, 0.15) is 0 Å². The van der Waals surface area contributed by atoms with E-state index in [0.717, 1.165) is 17.3 Å². The van der Waals surface area contributed by atoms with Crippen LogP contribution in [0.1, 0.15) is 18.9 Å². The van der Waals surface area contributed by atoms with Crippen molar-refractivity contribution in [3.05, 3.63) is 29.8 Å². The molecule has 0 fully saturated rings. The summed E-state index contributed by atoms with van der Waals surface area (Å²) in [5.41, 5.74) is 1.10. The Bertz CT molecular complexity index is 411. The largest absolute Gasteiger partial charge is 0.296 e. The number of halogens is 1. The van der Waals surface area contributed by atoms with Crippen LogP contribution in [-0.2, 0) is 20.7 Å². The summed E-state index contributed by atoms with van der Waals surface area (Å²) in [6, 6.07) is 6.79. The number of benzene rings is 1. The Morgan fingerprint density at radius 1 is 1.25 bits per heavy atom. The smallest absolute Gasteiger partial charge is 0.266 e. The molecule has 5 heteroatoms. The number of hydrogen-bond donors (Lipinski definition) is 0. The van der Waals surface area contributed by atoms with Crippen molar-refractivity contribution in [2.24, 2.45) is 0 Å². The van der Waals surface area contributed by atoms with Crippen LogP contribution in [-0.4, -0.2) is 20.4 Å². The van der Waals surface area contributed by atoms with Crippen molar-refractivity contribution in [2.75, 3.05) is 11.9 Å². The van der Waals surface area contributed by atoms with Crippen LogP contribution in [0.5, 0.6) is 0 Å². The molecule has 90 valence electrons. The molecule has 1 aromatic carbocycles. The van der Waals surface area contributed by atoms with E-state index < -0.39 is 10.1 Å². The normalized spacial score (nSPS) is 11.6. The molecule has 16 heavy (non-hydrogen) atoms. The predicted octanol–water partition coefficient (Wildman–Crippen LogP) is 2.74. The number of hydrogen-bond acceptors (Lipinski definition) is 3. The lowest BCUT2D eigenvalue weighted by Gasteiger charge is -2.05. The van der Waals surface area contributed by atoms with Crippen molar-refractivity contribution in [2.45, 2.75) is 24.7 Å². The molecule has 1 aromatic rings. The zero-order chi connectivity index (χ0) is 12.0. The lowest BCUT2D eigenvalue weighted by atomic mass is 10.2. The van der Waals surface area contributed by atoms with Crippen molar-refractivity contribution < 1.29 is 12.6 Å². The summed E-state index contributed by atoms with van der Waals surface area (Å²) < 4.78 is 28.1. The molecule has 0 aliphatic heterocycles. The molecule has 0 spiro atoms. The third-order valence-corrected chi connectivity index (χ3v) is 3.76. The van der Waals surface area contributed by atoms with Gasteiger partial charge in [0.05, 0.1) is 11.5 Å². The van der Waals surface area contributed by atoms with Crippen LogP contribution in [0.25, 0.3) is 0 Å². The fourth-order valence-electron chi connectivity index (χ4n) is 1.19. The molecular weight excluding hydrogens is 292 g/mol. The number of rotatable bonds is 6. The summed E-state index contributed by atoms with van der Waals surface area (Å²) in [5, 5.41) is 0.866. The Morgan fingerprint density at radius 3 is 2.38 bits per heavy atom. The Balaban J connectivity index is 2.80. The molecule has 0 unspecified atom stereocenters. The summed E-state index contributed by atoms with van der Waals surface area (Å²) in [4.78, 5) is 0.222. The molecule has 0 radical (unpaired) electrons. The molecule has 0 amide bonds. The molecule has 0 saturated heterocycles. The Labute approximate surface area is 105 Å². The van der Waals surface area contributed by atoms with Crippen LogP contribution in [0.4, 0.5) is 0 Å². The van der Waals surface area contributed by atoms with Gasteiger partial charge in [0, 0.05) is 5.33 Å². The first-order chi connectivity index (χ1) is 7.60. The average molecular weight is 307 g/mol. The van der Waals surface area contributed by atoms with E-state index in [-0.39, 0.29) is 11.5 Å². The molecule has 0 N–H and O–H groups in total. The molecule has 0 aliphatic rings. The van der Waals surface area contributed by atoms with E-state index in [9.17, 15) is 8.42 Å². The second-order valence-corrected chi connectivity index (χ2v) is 5.77. The highest BCUT2D eigenvalue weighted by Gasteiger charge is 2.13. The molecular formula is C11H15BrO3S. The first kappa shape index (κ1) is 13.7. The summed E-state index contributed by atoms with van der Waals surface area (Å²) >= 11 is 3.34. The monoisotopic (exact) mass is 306 g/mol. The van der Waals surface area contributed by atoms with Gasteiger partial charge < -0.3 is 0 Å². The third-order valence-electron chi connectivity index (χ3n) is 2.04. The molecule has 1 rings (SSSR count). The van der Waals surface area contributed by atoms with E-state index in [2.05, 4.69) is 15.9 Å². The lowest BCUT2D eigenvalue weighted by molar-refractivity contribution is 0.318. The minimum Gasteiger partial charge on any atom is -0.266 e. The second kappa shape index (κ2) is 6.37. The molecule has 0 aromatic heterocycles. The highest BCUT2D eigenvalue weighted by Crippen LogP contribution is 2.14. The maximum atomic E-state index is 11.6. The van der Waals surface area contributed by atoms with Crippen LogP contribution in [0.3, 0.4) is 0 Å². The minimum absolute atomic E-state index is 0.222. The lowest BCUT2D eigenvalue weighted by Crippen LogP contribution is -2.07. The van der Waals surface area contributed by atoms with Crippen molar-refractivity contribution >= 4 is 26.0 Å². The third kappa shape index (κ3) is 3.88. The molecule has 3 nitrogen and oxygen atoms in total. The number of alkyl halides is 1. The average Bonchev–Trinajstić information content (AvgIpc) is 2.28. The summed E-state index contributed by atoms with van der Waals surface area (Å²) in [6.45, 7) is 2.10. The highest BCUT2D eigenvalue weighted by atomic mass is 79.9. The summed E-state index contributed by atoms with van der Waals surface area (Å²) in [7, 11) is -3.57. The van der Waals surface area contributed by atoms with Crippen LogP contribution < -0.4 is 0 Å². The first-order valence-corrected chi connectivity index (χ1v) is 7.67. The van der Waals surface area contributed by atoms with Crippen molar-refractivity contribution in [3.8, 4) is 0 Å². The molecule has 0 saturated carbocycles. The van der Waals surface area contributed by atoms with Crippen LogP contribution in [0.15, 0.2) is 29.2 Å². The van der Waals surface area contributed by atoms with E-state index in [4.69, 9.17) is 4.18 Å². The van der Waals surface area contributed by atoms with Gasteiger partial charge in [-0.1, -0.05) is 35.0 Å². The molecule has 0 atom stereocenters. The van der Waals surface area contributed by atoms with Crippen molar-refractivity contribution in [1.82, 2.24) is 0 Å². The van der Waals surface area contributed by atoms with E-state index in [1.807, 2.05) is 19.1 Å². The summed E-state index contributed by atoms with van der Waals surface area (Å²) in [5.74, 6) is 0. The van der Waals surface area contributed by atoms with Gasteiger partial charge in [-0.2, -0.15) is 8.42 Å². The second-order valence-electron chi connectivity index (χ2n) is 3.36. The Hall–Kier alpha value is -0.390. The van der Waals surface area contributed by atoms with Gasteiger partial charge in [-0.15, -0.1) is 0 Å². The quantitative estimate of drug-likeness (QED) is 0.599. The van der Waals surface area contributed by atoms with Crippen LogP contribution >= 0.6 is 15.9 Å². The molecule has 0 heterocycles. The van der Waals surface area contributed by atoms with Gasteiger partial charge in [-0.05, 0) is 30.5 Å². The summed E-state index contributed by atoms with van der Waals surface area (Å²) in [6.07, 6.45) is 1.57. The standard InChI is InChI=1S/C11H15BrO3S/c1-2-9-15-16(13,14)11-5-3-10(4-6-11)7-8-12/h3-6H,2,7-9H2,1H3. The van der Waals surface area contributed by atoms with E-state index in [1.54, 1.807) is 12.1 Å².